The lowest BCUT2D eigenvalue weighted by Gasteiger charge is -2.31. The Balaban J connectivity index is 1.36. The summed E-state index contributed by atoms with van der Waals surface area (Å²) in [5, 5.41) is 1.07. The van der Waals surface area contributed by atoms with Gasteiger partial charge in [0.15, 0.2) is 0 Å². The molecular weight excluding hydrogens is 334 g/mol. The second-order valence-corrected chi connectivity index (χ2v) is 8.14. The van der Waals surface area contributed by atoms with Crippen molar-refractivity contribution >= 4 is 16.7 Å². The van der Waals surface area contributed by atoms with Gasteiger partial charge in [-0.1, -0.05) is 6.42 Å². The van der Waals surface area contributed by atoms with E-state index in [0.29, 0.717) is 11.8 Å². The number of anilines is 1. The average molecular weight is 359 g/mol. The molecule has 2 fully saturated rings. The summed E-state index contributed by atoms with van der Waals surface area (Å²) in [6.45, 7) is 6.51. The van der Waals surface area contributed by atoms with E-state index in [9.17, 15) is 4.79 Å². The maximum Gasteiger partial charge on any atom is 0.256 e. The number of hydrogen-bond acceptors (Lipinski definition) is 6. The summed E-state index contributed by atoms with van der Waals surface area (Å²) in [5.74, 6) is 2.18. The van der Waals surface area contributed by atoms with Crippen molar-refractivity contribution in [3.63, 3.8) is 0 Å². The second kappa shape index (κ2) is 6.86. The van der Waals surface area contributed by atoms with Crippen molar-refractivity contribution in [2.45, 2.75) is 58.4 Å². The third kappa shape index (κ3) is 3.34. The van der Waals surface area contributed by atoms with Gasteiger partial charge in [-0.3, -0.25) is 9.36 Å². The molecule has 0 spiro atoms. The first-order chi connectivity index (χ1) is 12.1. The Labute approximate surface area is 152 Å². The zero-order valence-electron chi connectivity index (χ0n) is 14.9. The number of rotatable bonds is 4. The van der Waals surface area contributed by atoms with Crippen LogP contribution in [0.3, 0.4) is 0 Å². The highest BCUT2D eigenvalue weighted by atomic mass is 32.1. The first kappa shape index (κ1) is 16.7. The lowest BCUT2D eigenvalue weighted by Crippen LogP contribution is -2.36. The zero-order valence-corrected chi connectivity index (χ0v) is 15.8. The van der Waals surface area contributed by atoms with Crippen molar-refractivity contribution in [1.29, 1.82) is 0 Å². The number of piperidine rings is 1. The van der Waals surface area contributed by atoms with E-state index < -0.39 is 0 Å². The summed E-state index contributed by atoms with van der Waals surface area (Å²) in [6, 6.07) is 0. The van der Waals surface area contributed by atoms with E-state index >= 15 is 0 Å². The molecule has 134 valence electrons. The van der Waals surface area contributed by atoms with E-state index in [-0.39, 0.29) is 5.56 Å². The van der Waals surface area contributed by atoms with E-state index in [1.807, 2.05) is 13.8 Å². The normalized spacial score (nSPS) is 19.2. The SMILES string of the molecule is Cc1ncn(CC2CCN(c3nc(C4CCC4)ns3)CC2)c(=O)c1C. The first-order valence-corrected chi connectivity index (χ1v) is 10.0. The van der Waals surface area contributed by atoms with Gasteiger partial charge < -0.3 is 4.90 Å². The van der Waals surface area contributed by atoms with Crippen molar-refractivity contribution in [2.75, 3.05) is 18.0 Å². The third-order valence-corrected chi connectivity index (χ3v) is 6.55. The van der Waals surface area contributed by atoms with Gasteiger partial charge in [0.05, 0.1) is 6.33 Å². The molecule has 7 heteroatoms. The number of aryl methyl sites for hydroxylation is 1. The van der Waals surface area contributed by atoms with Crippen LogP contribution in [0.5, 0.6) is 0 Å². The van der Waals surface area contributed by atoms with Crippen LogP contribution in [0.2, 0.25) is 0 Å². The van der Waals surface area contributed by atoms with Crippen LogP contribution in [-0.4, -0.2) is 32.0 Å². The summed E-state index contributed by atoms with van der Waals surface area (Å²) in [5.41, 5.74) is 1.69. The Morgan fingerprint density at radius 1 is 1.20 bits per heavy atom. The van der Waals surface area contributed by atoms with Crippen LogP contribution in [0.1, 0.15) is 55.1 Å². The number of hydrogen-bond donors (Lipinski definition) is 0. The molecule has 2 aliphatic rings. The van der Waals surface area contributed by atoms with Crippen LogP contribution in [-0.2, 0) is 6.54 Å². The largest absolute Gasteiger partial charge is 0.347 e. The van der Waals surface area contributed by atoms with Crippen molar-refractivity contribution in [3.8, 4) is 0 Å². The molecule has 0 unspecified atom stereocenters. The lowest BCUT2D eigenvalue weighted by molar-refractivity contribution is 0.350. The van der Waals surface area contributed by atoms with Crippen molar-refractivity contribution in [2.24, 2.45) is 5.92 Å². The topological polar surface area (TPSA) is 63.9 Å². The Bertz CT molecular complexity index is 802. The summed E-state index contributed by atoms with van der Waals surface area (Å²) >= 11 is 1.54. The van der Waals surface area contributed by atoms with Gasteiger partial charge in [0, 0.05) is 48.3 Å². The fraction of sp³-hybridized carbons (Fsp3) is 0.667. The van der Waals surface area contributed by atoms with Crippen LogP contribution in [0.15, 0.2) is 11.1 Å². The highest BCUT2D eigenvalue weighted by molar-refractivity contribution is 7.09. The molecule has 4 rings (SSSR count). The quantitative estimate of drug-likeness (QED) is 0.840. The maximum absolute atomic E-state index is 12.3. The minimum Gasteiger partial charge on any atom is -0.347 e. The molecule has 1 saturated carbocycles. The molecule has 0 bridgehead atoms. The Hall–Kier alpha value is -1.76. The highest BCUT2D eigenvalue weighted by Crippen LogP contribution is 2.36. The molecule has 6 nitrogen and oxygen atoms in total. The monoisotopic (exact) mass is 359 g/mol. The van der Waals surface area contributed by atoms with Gasteiger partial charge in [-0.05, 0) is 45.4 Å². The summed E-state index contributed by atoms with van der Waals surface area (Å²) in [4.78, 5) is 23.8. The van der Waals surface area contributed by atoms with E-state index in [1.54, 1.807) is 22.4 Å². The van der Waals surface area contributed by atoms with Gasteiger partial charge in [-0.2, -0.15) is 4.37 Å². The van der Waals surface area contributed by atoms with Gasteiger partial charge in [0.25, 0.3) is 5.56 Å². The molecule has 2 aromatic heterocycles. The van der Waals surface area contributed by atoms with Crippen LogP contribution in [0.25, 0.3) is 0 Å². The molecule has 1 aliphatic carbocycles. The average Bonchev–Trinajstić information content (AvgIpc) is 3.04. The summed E-state index contributed by atoms with van der Waals surface area (Å²) in [7, 11) is 0. The lowest BCUT2D eigenvalue weighted by atomic mass is 9.85. The van der Waals surface area contributed by atoms with Gasteiger partial charge in [0.1, 0.15) is 5.82 Å². The number of aromatic nitrogens is 4. The molecule has 0 amide bonds. The van der Waals surface area contributed by atoms with Crippen LogP contribution >= 0.6 is 11.5 Å². The molecule has 1 aliphatic heterocycles. The minimum atomic E-state index is 0.101. The molecule has 0 atom stereocenters. The van der Waals surface area contributed by atoms with Crippen molar-refractivity contribution < 1.29 is 0 Å². The second-order valence-electron chi connectivity index (χ2n) is 7.41. The zero-order chi connectivity index (χ0) is 17.4. The Kier molecular flexibility index (Phi) is 4.58. The third-order valence-electron chi connectivity index (χ3n) is 5.76. The minimum absolute atomic E-state index is 0.101. The fourth-order valence-corrected chi connectivity index (χ4v) is 4.38. The fourth-order valence-electron chi connectivity index (χ4n) is 3.58. The molecule has 0 aromatic carbocycles. The predicted molar refractivity (Wildman–Crippen MR) is 99.4 cm³/mol. The number of nitrogens with zero attached hydrogens (tertiary/aromatic N) is 5. The summed E-state index contributed by atoms with van der Waals surface area (Å²) in [6.07, 6.45) is 7.67. The molecule has 0 N–H and O–H groups in total. The molecule has 1 saturated heterocycles. The maximum atomic E-state index is 12.3. The van der Waals surface area contributed by atoms with Gasteiger partial charge in [-0.15, -0.1) is 0 Å². The predicted octanol–water partition coefficient (Wildman–Crippen LogP) is 2.90. The Morgan fingerprint density at radius 3 is 2.64 bits per heavy atom. The highest BCUT2D eigenvalue weighted by Gasteiger charge is 2.26. The molecule has 2 aromatic rings. The van der Waals surface area contributed by atoms with Crippen LogP contribution in [0.4, 0.5) is 5.13 Å². The van der Waals surface area contributed by atoms with E-state index in [0.717, 1.165) is 54.7 Å². The van der Waals surface area contributed by atoms with Gasteiger partial charge in [0.2, 0.25) is 5.13 Å². The smallest absolute Gasteiger partial charge is 0.256 e. The molecule has 25 heavy (non-hydrogen) atoms. The molecule has 3 heterocycles. The molecular formula is C18H25N5OS. The summed E-state index contributed by atoms with van der Waals surface area (Å²) < 4.78 is 6.34. The standard InChI is InChI=1S/C18H25N5OS/c1-12-13(2)19-11-23(17(12)24)10-14-6-8-22(9-7-14)18-20-16(21-25-18)15-4-3-5-15/h11,14-15H,3-10H2,1-2H3. The van der Waals surface area contributed by atoms with Crippen LogP contribution < -0.4 is 10.5 Å². The van der Waals surface area contributed by atoms with Crippen molar-refractivity contribution in [3.05, 3.63) is 33.8 Å². The van der Waals surface area contributed by atoms with Gasteiger partial charge >= 0.3 is 0 Å². The van der Waals surface area contributed by atoms with E-state index in [4.69, 9.17) is 4.98 Å². The van der Waals surface area contributed by atoms with Gasteiger partial charge in [-0.25, -0.2) is 9.97 Å². The Morgan fingerprint density at radius 2 is 1.96 bits per heavy atom. The van der Waals surface area contributed by atoms with E-state index in [2.05, 4.69) is 14.3 Å². The first-order valence-electron chi connectivity index (χ1n) is 9.23. The van der Waals surface area contributed by atoms with Crippen LogP contribution in [0, 0.1) is 19.8 Å². The van der Waals surface area contributed by atoms with E-state index in [1.165, 1.54) is 19.3 Å². The molecule has 0 radical (unpaired) electrons. The van der Waals surface area contributed by atoms with Crippen molar-refractivity contribution in [1.82, 2.24) is 18.9 Å².